The second kappa shape index (κ2) is 42.6. The number of aromatic amines is 1. The number of benzene rings is 3. The molecule has 6 rings (SSSR count). The highest BCUT2D eigenvalue weighted by molar-refractivity contribution is 7.98. The van der Waals surface area contributed by atoms with E-state index < -0.39 is 181 Å². The Morgan fingerprint density at radius 2 is 1.02 bits per heavy atom. The predicted molar refractivity (Wildman–Crippen MR) is 405 cm³/mol. The highest BCUT2D eigenvalue weighted by Gasteiger charge is 2.43. The fraction of sp³-hybridized carbons (Fsp3) is 0.527. The number of thioether (sulfide) groups is 1. The molecule has 34 nitrogen and oxygen atoms in total. The molecule has 0 saturated carbocycles. The molecule has 0 unspecified atom stereocenters. The molecule has 2 aliphatic heterocycles. The summed E-state index contributed by atoms with van der Waals surface area (Å²) < 4.78 is 0. The molecule has 594 valence electrons. The number of phenols is 1. The second-order valence-corrected chi connectivity index (χ2v) is 29.1. The Morgan fingerprint density at radius 1 is 0.541 bits per heavy atom. The molecule has 0 bridgehead atoms. The first-order valence-corrected chi connectivity index (χ1v) is 37.9. The van der Waals surface area contributed by atoms with Crippen LogP contribution in [0.25, 0.3) is 10.9 Å². The van der Waals surface area contributed by atoms with Crippen molar-refractivity contribution in [1.29, 1.82) is 0 Å². The van der Waals surface area contributed by atoms with E-state index in [0.29, 0.717) is 35.3 Å². The number of primary amides is 1. The number of rotatable bonds is 43. The molecule has 2 aliphatic rings. The number of para-hydroxylation sites is 1. The summed E-state index contributed by atoms with van der Waals surface area (Å²) in [5, 5.41) is 54.5. The number of H-pyrrole nitrogens is 1. The molecule has 0 aliphatic carbocycles. The molecular weight excluding hydrogens is 1430 g/mol. The van der Waals surface area contributed by atoms with E-state index in [0.717, 1.165) is 15.8 Å². The number of nitrogens with one attached hydrogen (secondary N) is 10. The van der Waals surface area contributed by atoms with E-state index in [1.807, 2.05) is 18.2 Å². The second-order valence-electron chi connectivity index (χ2n) is 28.1. The van der Waals surface area contributed by atoms with Crippen LogP contribution in [0.15, 0.2) is 90.1 Å². The van der Waals surface area contributed by atoms with Crippen molar-refractivity contribution in [1.82, 2.24) is 62.6 Å². The normalized spacial score (nSPS) is 16.8. The van der Waals surface area contributed by atoms with Gasteiger partial charge in [-0.2, -0.15) is 11.8 Å². The van der Waals surface area contributed by atoms with Crippen LogP contribution in [0.3, 0.4) is 0 Å². The van der Waals surface area contributed by atoms with Crippen molar-refractivity contribution in [2.24, 2.45) is 39.8 Å². The van der Waals surface area contributed by atoms with Gasteiger partial charge in [0.1, 0.15) is 72.2 Å². The Morgan fingerprint density at radius 3 is 1.56 bits per heavy atom. The van der Waals surface area contributed by atoms with Crippen LogP contribution in [-0.2, 0) is 86.4 Å². The van der Waals surface area contributed by atoms with Crippen LogP contribution in [0.1, 0.15) is 128 Å². The summed E-state index contributed by atoms with van der Waals surface area (Å²) in [7, 11) is 0. The number of fused-ring (bicyclic) bond motifs is 1. The summed E-state index contributed by atoms with van der Waals surface area (Å²) >= 11 is 1.34. The van der Waals surface area contributed by atoms with E-state index >= 15 is 0 Å². The molecule has 12 atom stereocenters. The Labute approximate surface area is 636 Å². The van der Waals surface area contributed by atoms with Gasteiger partial charge in [-0.25, -0.2) is 4.79 Å². The topological polar surface area (TPSA) is 547 Å². The lowest BCUT2D eigenvalue weighted by Crippen LogP contribution is -2.60. The number of phenolic OH excluding ortho intramolecular Hbond substituents is 1. The van der Waals surface area contributed by atoms with Gasteiger partial charge in [0.05, 0.1) is 6.04 Å². The van der Waals surface area contributed by atoms with Crippen LogP contribution in [0.4, 0.5) is 0 Å². The number of guanidine groups is 1. The van der Waals surface area contributed by atoms with Gasteiger partial charge in [-0.1, -0.05) is 88.4 Å². The molecule has 2 saturated heterocycles. The summed E-state index contributed by atoms with van der Waals surface area (Å²) in [5.41, 5.74) is 25.3. The van der Waals surface area contributed by atoms with Gasteiger partial charge in [0.2, 0.25) is 70.9 Å². The standard InChI is InChI=1S/C74H105N17O17S/c1-40(2)35-56(73(107)108)89-67(101)54(36-43-15-8-7-9-16-43)87-63(97)49(19-12-31-79-74(77)78)82-64(98)50(26-28-59(75)93)83-66(100)53(37-44-22-24-46(92)25-23-44)86-62(96)42(5)81-69(103)57-20-13-32-90(57)71(105)52(27-29-60(94)95)85-65(99)51(30-34-109-6)84-68(102)55(38-45-39-80-48-18-11-10-17-47(45)48)88-70(104)58-21-14-33-91(58)72(106)61(76)41(3)4/h7-11,15-18,22-25,39-42,49-58,61,80,92H,12-14,19-21,26-38,76H2,1-6H3,(H2,75,93)(H,81,103)(H,82,98)(H,83,100)(H,84,102)(H,85,99)(H,86,96)(H,87,97)(H,88,104)(H,89,101)(H,94,95)(H,107,108)(H4,77,78,79)/t42-,49-,50-,51-,52-,53-,54-,55-,56-,57-,58-,61-/m0/s1. The van der Waals surface area contributed by atoms with Crippen molar-refractivity contribution in [2.45, 2.75) is 203 Å². The van der Waals surface area contributed by atoms with Gasteiger partial charge in [0.25, 0.3) is 0 Å². The van der Waals surface area contributed by atoms with Crippen molar-refractivity contribution < 1.29 is 82.4 Å². The van der Waals surface area contributed by atoms with E-state index in [-0.39, 0.29) is 101 Å². The maximum atomic E-state index is 14.8. The van der Waals surface area contributed by atoms with Gasteiger partial charge >= 0.3 is 11.9 Å². The minimum absolute atomic E-state index is 0.00816. The number of carbonyl (C=O) groups excluding carboxylic acids is 12. The minimum Gasteiger partial charge on any atom is -0.508 e. The van der Waals surface area contributed by atoms with E-state index in [4.69, 9.17) is 22.9 Å². The largest absolute Gasteiger partial charge is 0.508 e. The van der Waals surface area contributed by atoms with Crippen molar-refractivity contribution in [3.63, 3.8) is 0 Å². The molecule has 3 heterocycles. The van der Waals surface area contributed by atoms with Crippen LogP contribution in [0.2, 0.25) is 0 Å². The zero-order chi connectivity index (χ0) is 80.2. The number of aliphatic imine (C=N–C) groups is 1. The fourth-order valence-corrected chi connectivity index (χ4v) is 13.2. The molecule has 3 aromatic carbocycles. The van der Waals surface area contributed by atoms with E-state index in [2.05, 4.69) is 57.8 Å². The summed E-state index contributed by atoms with van der Waals surface area (Å²) in [6.07, 6.45) is 1.86. The van der Waals surface area contributed by atoms with Crippen LogP contribution >= 0.6 is 11.8 Å². The number of carboxylic acid groups (broad SMARTS) is 2. The SMILES string of the molecule is CSCC[C@H](NC(=O)[C@H](Cc1c[nH]c2ccccc12)NC(=O)[C@@H]1CCCN1C(=O)[C@@H](N)C(C)C)C(=O)N[C@@H](CCC(=O)O)C(=O)N1CCC[C@H]1C(=O)N[C@@H](C)C(=O)N[C@@H](Cc1ccc(O)cc1)C(=O)N[C@@H](CCC(N)=O)C(=O)N[C@@H](CCCN=C(N)N)C(=O)N[C@@H](Cc1ccccc1)C(=O)N[C@@H](CC(C)C)C(=O)O. The van der Waals surface area contributed by atoms with Crippen molar-refractivity contribution in [2.75, 3.05) is 31.6 Å². The summed E-state index contributed by atoms with van der Waals surface area (Å²) in [4.78, 5) is 205. The molecule has 1 aromatic heterocycles. The number of nitrogens with zero attached hydrogens (tertiary/aromatic N) is 3. The highest BCUT2D eigenvalue weighted by atomic mass is 32.2. The Balaban J connectivity index is 1.20. The number of aromatic nitrogens is 1. The van der Waals surface area contributed by atoms with E-state index in [9.17, 15) is 82.4 Å². The number of aromatic hydroxyl groups is 1. The van der Waals surface area contributed by atoms with Gasteiger partial charge in [0, 0.05) is 68.8 Å². The van der Waals surface area contributed by atoms with Gasteiger partial charge in [-0.05, 0) is 130 Å². The molecule has 4 aromatic rings. The molecule has 0 radical (unpaired) electrons. The van der Waals surface area contributed by atoms with Crippen molar-refractivity contribution >= 4 is 111 Å². The highest BCUT2D eigenvalue weighted by Crippen LogP contribution is 2.25. The maximum absolute atomic E-state index is 14.8. The number of carboxylic acids is 2. The number of hydrogen-bond donors (Lipinski definition) is 17. The number of carbonyl (C=O) groups is 14. The number of likely N-dealkylation sites (tertiary alicyclic amines) is 2. The van der Waals surface area contributed by atoms with E-state index in [1.165, 1.54) is 47.9 Å². The number of nitrogens with two attached hydrogens (primary N) is 4. The van der Waals surface area contributed by atoms with Crippen molar-refractivity contribution in [3.05, 3.63) is 102 Å². The Kier molecular flexibility index (Phi) is 34.1. The van der Waals surface area contributed by atoms with Crippen LogP contribution < -0.4 is 70.8 Å². The Hall–Kier alpha value is -10.8. The third-order valence-corrected chi connectivity index (χ3v) is 19.5. The first kappa shape index (κ1) is 87.1. The van der Waals surface area contributed by atoms with E-state index in [1.54, 1.807) is 76.5 Å². The molecule has 2 fully saturated rings. The predicted octanol–water partition coefficient (Wildman–Crippen LogP) is -0.683. The number of aliphatic carboxylic acids is 2. The molecular formula is C74H105N17O17S. The molecule has 0 spiro atoms. The first-order chi connectivity index (χ1) is 51.7. The third kappa shape index (κ3) is 27.1. The zero-order valence-electron chi connectivity index (χ0n) is 62.2. The Bertz CT molecular complexity index is 3870. The van der Waals surface area contributed by atoms with Crippen LogP contribution in [0, 0.1) is 11.8 Å². The third-order valence-electron chi connectivity index (χ3n) is 18.8. The summed E-state index contributed by atoms with van der Waals surface area (Å²) in [5.74, 6) is -13.3. The average Bonchev–Trinajstić information content (AvgIpc) is 1.71. The minimum atomic E-state index is -1.67. The lowest BCUT2D eigenvalue weighted by molar-refractivity contribution is -0.143. The molecule has 35 heteroatoms. The quantitative estimate of drug-likeness (QED) is 0.0148. The summed E-state index contributed by atoms with van der Waals surface area (Å²) in [6.45, 7) is 8.56. The van der Waals surface area contributed by atoms with Gasteiger partial charge < -0.3 is 101 Å². The van der Waals surface area contributed by atoms with Crippen LogP contribution in [-0.4, -0.2) is 223 Å². The fourth-order valence-electron chi connectivity index (χ4n) is 12.8. The van der Waals surface area contributed by atoms with Gasteiger partial charge in [-0.3, -0.25) is 67.3 Å². The number of amides is 12. The number of hydrogen-bond acceptors (Lipinski definition) is 18. The molecule has 12 amide bonds. The lowest BCUT2D eigenvalue weighted by Gasteiger charge is -2.31. The monoisotopic (exact) mass is 1540 g/mol. The maximum Gasteiger partial charge on any atom is 0.326 e. The lowest BCUT2D eigenvalue weighted by atomic mass is 10.0. The first-order valence-electron chi connectivity index (χ1n) is 36.5. The smallest absolute Gasteiger partial charge is 0.326 e. The van der Waals surface area contributed by atoms with Crippen molar-refractivity contribution in [3.8, 4) is 5.75 Å². The average molecular weight is 1540 g/mol. The zero-order valence-corrected chi connectivity index (χ0v) is 63.0. The molecule has 109 heavy (non-hydrogen) atoms. The van der Waals surface area contributed by atoms with Gasteiger partial charge in [0.15, 0.2) is 5.96 Å². The molecule has 21 N–H and O–H groups in total. The van der Waals surface area contributed by atoms with Crippen LogP contribution in [0.5, 0.6) is 5.75 Å². The van der Waals surface area contributed by atoms with Gasteiger partial charge in [-0.15, -0.1) is 0 Å². The summed E-state index contributed by atoms with van der Waals surface area (Å²) in [6, 6.07) is 4.85.